The van der Waals surface area contributed by atoms with Crippen molar-refractivity contribution in [1.29, 1.82) is 0 Å². The van der Waals surface area contributed by atoms with Crippen molar-refractivity contribution in [1.82, 2.24) is 0 Å². The molecule has 4 nitrogen and oxygen atoms in total. The minimum atomic E-state index is 0.474. The summed E-state index contributed by atoms with van der Waals surface area (Å²) in [6.07, 6.45) is 0. The lowest BCUT2D eigenvalue weighted by molar-refractivity contribution is 0.268. The number of rotatable bonds is 6. The monoisotopic (exact) mass is 279 g/mol. The first kappa shape index (κ1) is 13.7. The summed E-state index contributed by atoms with van der Waals surface area (Å²) < 4.78 is 16.4. The molecule has 2 N–H and O–H groups in total. The highest BCUT2D eigenvalue weighted by Gasteiger charge is 2.11. The molecule has 0 aliphatic carbocycles. The van der Waals surface area contributed by atoms with Gasteiger partial charge in [0.15, 0.2) is 11.5 Å². The number of ether oxygens (including phenoxy) is 3. The van der Waals surface area contributed by atoms with Crippen molar-refractivity contribution in [3.8, 4) is 17.2 Å². The van der Waals surface area contributed by atoms with Crippen LogP contribution in [-0.2, 0) is 13.2 Å². The van der Waals surface area contributed by atoms with Gasteiger partial charge >= 0.3 is 0 Å². The van der Waals surface area contributed by atoms with E-state index in [9.17, 15) is 0 Å². The second-order valence-corrected chi connectivity index (χ2v) is 5.11. The van der Waals surface area contributed by atoms with Crippen molar-refractivity contribution >= 4 is 11.3 Å². The molecular formula is C14H17NO3S. The van der Waals surface area contributed by atoms with E-state index in [0.717, 1.165) is 9.75 Å². The molecular weight excluding hydrogens is 262 g/mol. The predicted molar refractivity (Wildman–Crippen MR) is 76.1 cm³/mol. The highest BCUT2D eigenvalue weighted by molar-refractivity contribution is 7.11. The summed E-state index contributed by atoms with van der Waals surface area (Å²) >= 11 is 1.65. The number of hydrogen-bond acceptors (Lipinski definition) is 5. The summed E-state index contributed by atoms with van der Waals surface area (Å²) in [4.78, 5) is 2.26. The van der Waals surface area contributed by atoms with Crippen molar-refractivity contribution in [2.24, 2.45) is 5.73 Å². The first-order valence-electron chi connectivity index (χ1n) is 5.90. The molecule has 0 radical (unpaired) electrons. The van der Waals surface area contributed by atoms with Crippen LogP contribution in [-0.4, -0.2) is 14.2 Å². The second-order valence-electron chi connectivity index (χ2n) is 3.85. The molecule has 2 rings (SSSR count). The zero-order valence-corrected chi connectivity index (χ0v) is 11.8. The second kappa shape index (κ2) is 6.45. The van der Waals surface area contributed by atoms with E-state index in [2.05, 4.69) is 0 Å². The van der Waals surface area contributed by atoms with Gasteiger partial charge in [0, 0.05) is 16.3 Å². The maximum Gasteiger partial charge on any atom is 0.203 e. The van der Waals surface area contributed by atoms with Crippen LogP contribution in [0.2, 0.25) is 0 Å². The maximum absolute atomic E-state index is 5.81. The van der Waals surface area contributed by atoms with Gasteiger partial charge in [0.05, 0.1) is 14.2 Å². The normalized spacial score (nSPS) is 10.3. The van der Waals surface area contributed by atoms with Crippen LogP contribution in [0, 0.1) is 0 Å². The zero-order chi connectivity index (χ0) is 13.7. The van der Waals surface area contributed by atoms with E-state index in [1.54, 1.807) is 25.6 Å². The number of thiophene rings is 1. The van der Waals surface area contributed by atoms with Crippen LogP contribution in [0.4, 0.5) is 0 Å². The van der Waals surface area contributed by atoms with Gasteiger partial charge < -0.3 is 19.9 Å². The lowest BCUT2D eigenvalue weighted by Gasteiger charge is -2.13. The van der Waals surface area contributed by atoms with Gasteiger partial charge in [-0.2, -0.15) is 0 Å². The van der Waals surface area contributed by atoms with E-state index in [0.29, 0.717) is 30.4 Å². The van der Waals surface area contributed by atoms with Gasteiger partial charge in [-0.3, -0.25) is 0 Å². The number of para-hydroxylation sites is 1. The van der Waals surface area contributed by atoms with Gasteiger partial charge in [-0.25, -0.2) is 0 Å². The highest BCUT2D eigenvalue weighted by atomic mass is 32.1. The Hall–Kier alpha value is -1.72. The first-order chi connectivity index (χ1) is 9.28. The molecule has 19 heavy (non-hydrogen) atoms. The number of hydrogen-bond donors (Lipinski definition) is 1. The minimum Gasteiger partial charge on any atom is -0.493 e. The van der Waals surface area contributed by atoms with Gasteiger partial charge in [0.1, 0.15) is 6.61 Å². The number of nitrogens with two attached hydrogens (primary N) is 1. The fourth-order valence-electron chi connectivity index (χ4n) is 1.71. The van der Waals surface area contributed by atoms with Crippen LogP contribution in [0.15, 0.2) is 30.3 Å². The van der Waals surface area contributed by atoms with Gasteiger partial charge in [0.25, 0.3) is 0 Å². The zero-order valence-electron chi connectivity index (χ0n) is 11.0. The Kier molecular flexibility index (Phi) is 4.65. The van der Waals surface area contributed by atoms with Crippen LogP contribution >= 0.6 is 11.3 Å². The summed E-state index contributed by atoms with van der Waals surface area (Å²) in [6.45, 7) is 1.03. The molecule has 0 saturated carbocycles. The molecule has 0 amide bonds. The Labute approximate surface area is 116 Å². The molecule has 1 aromatic heterocycles. The van der Waals surface area contributed by atoms with Crippen LogP contribution in [0.25, 0.3) is 0 Å². The van der Waals surface area contributed by atoms with Crippen molar-refractivity contribution < 1.29 is 14.2 Å². The molecule has 0 spiro atoms. The number of methoxy groups -OCH3 is 2. The van der Waals surface area contributed by atoms with Gasteiger partial charge in [-0.05, 0) is 24.3 Å². The molecule has 1 heterocycles. The van der Waals surface area contributed by atoms with Crippen molar-refractivity contribution in [3.05, 3.63) is 40.1 Å². The molecule has 2 aromatic rings. The topological polar surface area (TPSA) is 53.7 Å². The lowest BCUT2D eigenvalue weighted by Crippen LogP contribution is -1.98. The molecule has 0 unspecified atom stereocenters. The Morgan fingerprint density at radius 2 is 1.63 bits per heavy atom. The van der Waals surface area contributed by atoms with E-state index in [1.807, 2.05) is 30.3 Å². The molecule has 5 heteroatoms. The fraction of sp³-hybridized carbons (Fsp3) is 0.286. The van der Waals surface area contributed by atoms with E-state index < -0.39 is 0 Å². The van der Waals surface area contributed by atoms with Crippen molar-refractivity contribution in [2.75, 3.05) is 14.2 Å². The molecule has 0 atom stereocenters. The fourth-order valence-corrected chi connectivity index (χ4v) is 2.52. The molecule has 102 valence electrons. The Bertz CT molecular complexity index is 517. The Morgan fingerprint density at radius 3 is 2.16 bits per heavy atom. The number of benzene rings is 1. The molecule has 0 aliphatic heterocycles. The van der Waals surface area contributed by atoms with Crippen molar-refractivity contribution in [3.63, 3.8) is 0 Å². The molecule has 1 aromatic carbocycles. The smallest absolute Gasteiger partial charge is 0.203 e. The molecule has 0 fully saturated rings. The van der Waals surface area contributed by atoms with Crippen LogP contribution in [0.5, 0.6) is 17.2 Å². The van der Waals surface area contributed by atoms with E-state index in [4.69, 9.17) is 19.9 Å². The third-order valence-corrected chi connectivity index (χ3v) is 3.74. The van der Waals surface area contributed by atoms with E-state index in [-0.39, 0.29) is 0 Å². The Morgan fingerprint density at radius 1 is 1.00 bits per heavy atom. The van der Waals surface area contributed by atoms with Crippen LogP contribution < -0.4 is 19.9 Å². The Balaban J connectivity index is 2.13. The summed E-state index contributed by atoms with van der Waals surface area (Å²) in [7, 11) is 3.22. The lowest BCUT2D eigenvalue weighted by atomic mass is 10.3. The SMILES string of the molecule is COc1cccc(OC)c1OCc1ccc(CN)s1. The highest BCUT2D eigenvalue weighted by Crippen LogP contribution is 2.37. The average Bonchev–Trinajstić information content (AvgIpc) is 2.92. The quantitative estimate of drug-likeness (QED) is 0.883. The summed E-state index contributed by atoms with van der Waals surface area (Å²) in [5.41, 5.74) is 5.59. The van der Waals surface area contributed by atoms with Crippen molar-refractivity contribution in [2.45, 2.75) is 13.2 Å². The van der Waals surface area contributed by atoms with Gasteiger partial charge in [-0.15, -0.1) is 11.3 Å². The minimum absolute atomic E-state index is 0.474. The van der Waals surface area contributed by atoms with Crippen LogP contribution in [0.1, 0.15) is 9.75 Å². The van der Waals surface area contributed by atoms with Crippen LogP contribution in [0.3, 0.4) is 0 Å². The predicted octanol–water partition coefficient (Wildman–Crippen LogP) is 2.80. The maximum atomic E-state index is 5.81. The van der Waals surface area contributed by atoms with Gasteiger partial charge in [-0.1, -0.05) is 6.07 Å². The third-order valence-electron chi connectivity index (χ3n) is 2.66. The average molecular weight is 279 g/mol. The largest absolute Gasteiger partial charge is 0.493 e. The molecule has 0 saturated heterocycles. The third kappa shape index (κ3) is 3.19. The summed E-state index contributed by atoms with van der Waals surface area (Å²) in [5, 5.41) is 0. The first-order valence-corrected chi connectivity index (χ1v) is 6.71. The molecule has 0 bridgehead atoms. The van der Waals surface area contributed by atoms with E-state index in [1.165, 1.54) is 0 Å². The van der Waals surface area contributed by atoms with Gasteiger partial charge in [0.2, 0.25) is 5.75 Å². The summed E-state index contributed by atoms with van der Waals surface area (Å²) in [5.74, 6) is 1.94. The standard InChI is InChI=1S/C14H17NO3S/c1-16-12-4-3-5-13(17-2)14(12)18-9-11-7-6-10(8-15)19-11/h3-7H,8-9,15H2,1-2H3. The van der Waals surface area contributed by atoms with E-state index >= 15 is 0 Å². The summed E-state index contributed by atoms with van der Waals surface area (Å²) in [6, 6.07) is 9.59. The molecule has 0 aliphatic rings.